The molecule has 1 aliphatic rings. The van der Waals surface area contributed by atoms with Gasteiger partial charge in [-0.25, -0.2) is 0 Å². The van der Waals surface area contributed by atoms with Gasteiger partial charge >= 0.3 is 0 Å². The number of nitrogens with zero attached hydrogens (tertiary/aromatic N) is 4. The van der Waals surface area contributed by atoms with E-state index in [1.807, 2.05) is 35.4 Å². The van der Waals surface area contributed by atoms with Crippen LogP contribution in [0.1, 0.15) is 30.7 Å². The number of para-hydroxylation sites is 2. The van der Waals surface area contributed by atoms with Crippen LogP contribution in [0.5, 0.6) is 0 Å². The van der Waals surface area contributed by atoms with Crippen molar-refractivity contribution in [3.63, 3.8) is 0 Å². The van der Waals surface area contributed by atoms with Crippen molar-refractivity contribution in [3.05, 3.63) is 78.1 Å². The Balaban J connectivity index is 1.15. The van der Waals surface area contributed by atoms with E-state index in [0.29, 0.717) is 31.0 Å². The molecule has 5 rings (SSSR count). The largest absolute Gasteiger partial charge is 0.425 e. The van der Waals surface area contributed by atoms with E-state index in [0.717, 1.165) is 36.1 Å². The van der Waals surface area contributed by atoms with Crippen LogP contribution >= 0.6 is 0 Å². The normalized spacial score (nSPS) is 16.6. The minimum absolute atomic E-state index is 0.140. The summed E-state index contributed by atoms with van der Waals surface area (Å²) in [4.78, 5) is 20.4. The molecule has 1 amide bonds. The van der Waals surface area contributed by atoms with Gasteiger partial charge in [0.1, 0.15) is 0 Å². The molecule has 1 saturated heterocycles. The lowest BCUT2D eigenvalue weighted by Crippen LogP contribution is -2.54. The fourth-order valence-electron chi connectivity index (χ4n) is 4.46. The number of hydrogen-bond donors (Lipinski definition) is 1. The highest BCUT2D eigenvalue weighted by atomic mass is 16.4. The van der Waals surface area contributed by atoms with Crippen LogP contribution in [0.15, 0.2) is 65.2 Å². The van der Waals surface area contributed by atoms with Gasteiger partial charge in [-0.3, -0.25) is 4.79 Å². The number of aromatic nitrogens is 3. The van der Waals surface area contributed by atoms with Crippen molar-refractivity contribution < 1.29 is 9.21 Å². The van der Waals surface area contributed by atoms with Gasteiger partial charge in [0.05, 0.1) is 6.42 Å². The van der Waals surface area contributed by atoms with Crippen LogP contribution < -0.4 is 4.90 Å². The maximum absolute atomic E-state index is 12.8. The van der Waals surface area contributed by atoms with Crippen molar-refractivity contribution in [2.45, 2.75) is 32.2 Å². The van der Waals surface area contributed by atoms with Gasteiger partial charge in [0.25, 0.3) is 0 Å². The number of H-pyrrole nitrogens is 1. The lowest BCUT2D eigenvalue weighted by Gasteiger charge is -2.41. The Morgan fingerprint density at radius 2 is 1.84 bits per heavy atom. The van der Waals surface area contributed by atoms with E-state index < -0.39 is 0 Å². The van der Waals surface area contributed by atoms with Crippen LogP contribution in [-0.2, 0) is 17.6 Å². The maximum atomic E-state index is 12.8. The van der Waals surface area contributed by atoms with E-state index >= 15 is 0 Å². The quantitative estimate of drug-likeness (QED) is 0.504. The zero-order chi connectivity index (χ0) is 21.9. The van der Waals surface area contributed by atoms with Crippen molar-refractivity contribution in [2.75, 3.05) is 24.5 Å². The van der Waals surface area contributed by atoms with Gasteiger partial charge in [-0.15, -0.1) is 10.2 Å². The second-order valence-corrected chi connectivity index (χ2v) is 8.34. The molecule has 7 nitrogen and oxygen atoms in total. The number of rotatable bonds is 6. The molecule has 0 unspecified atom stereocenters. The van der Waals surface area contributed by atoms with Gasteiger partial charge in [-0.05, 0) is 30.7 Å². The Kier molecular flexibility index (Phi) is 5.62. The molecule has 1 N–H and O–H groups in total. The molecule has 1 aliphatic heterocycles. The lowest BCUT2D eigenvalue weighted by atomic mass is 10.1. The monoisotopic (exact) mass is 429 g/mol. The van der Waals surface area contributed by atoms with Gasteiger partial charge in [0, 0.05) is 61.3 Å². The van der Waals surface area contributed by atoms with E-state index in [2.05, 4.69) is 57.3 Å². The molecule has 2 aromatic heterocycles. The van der Waals surface area contributed by atoms with Crippen molar-refractivity contribution in [1.29, 1.82) is 0 Å². The summed E-state index contributed by atoms with van der Waals surface area (Å²) in [6.07, 6.45) is 3.40. The molecule has 0 saturated carbocycles. The van der Waals surface area contributed by atoms with Gasteiger partial charge in [-0.1, -0.05) is 36.4 Å². The first-order valence-corrected chi connectivity index (χ1v) is 11.1. The molecule has 0 aliphatic carbocycles. The highest BCUT2D eigenvalue weighted by Gasteiger charge is 2.27. The Morgan fingerprint density at radius 1 is 1.06 bits per heavy atom. The van der Waals surface area contributed by atoms with E-state index in [9.17, 15) is 4.79 Å². The van der Waals surface area contributed by atoms with E-state index in [4.69, 9.17) is 4.42 Å². The number of benzene rings is 2. The number of aromatic amines is 1. The summed E-state index contributed by atoms with van der Waals surface area (Å²) in [6.45, 7) is 4.52. The molecule has 164 valence electrons. The number of carbonyl (C=O) groups is 1. The Morgan fingerprint density at radius 3 is 2.69 bits per heavy atom. The third-order valence-electron chi connectivity index (χ3n) is 6.15. The molecular weight excluding hydrogens is 402 g/mol. The number of nitrogens with one attached hydrogen (secondary N) is 1. The van der Waals surface area contributed by atoms with Crippen molar-refractivity contribution >= 4 is 22.5 Å². The number of anilines is 1. The summed E-state index contributed by atoms with van der Waals surface area (Å²) >= 11 is 0. The third-order valence-corrected chi connectivity index (χ3v) is 6.15. The van der Waals surface area contributed by atoms with Crippen molar-refractivity contribution in [1.82, 2.24) is 20.1 Å². The average Bonchev–Trinajstić information content (AvgIpc) is 3.45. The molecule has 32 heavy (non-hydrogen) atoms. The van der Waals surface area contributed by atoms with Gasteiger partial charge in [0.2, 0.25) is 17.7 Å². The zero-order valence-electron chi connectivity index (χ0n) is 18.2. The number of hydrogen-bond acceptors (Lipinski definition) is 5. The van der Waals surface area contributed by atoms with E-state index in [1.165, 1.54) is 5.69 Å². The van der Waals surface area contributed by atoms with Crippen LogP contribution in [-0.4, -0.2) is 51.7 Å². The average molecular weight is 430 g/mol. The Labute approximate surface area is 187 Å². The number of piperazine rings is 1. The smallest absolute Gasteiger partial charge is 0.223 e. The summed E-state index contributed by atoms with van der Waals surface area (Å²) in [5.74, 6) is 1.23. The third kappa shape index (κ3) is 4.23. The lowest BCUT2D eigenvalue weighted by molar-refractivity contribution is -0.133. The minimum atomic E-state index is 0.140. The van der Waals surface area contributed by atoms with Crippen LogP contribution in [0.25, 0.3) is 10.9 Å². The Bertz CT molecular complexity index is 1200. The SMILES string of the molecule is C[C@H]1CN(c2ccccc2)CCN1C(=O)CCc1nnc(Cc2c[nH]c3ccccc23)o1. The summed E-state index contributed by atoms with van der Waals surface area (Å²) in [6, 6.07) is 18.7. The number of fused-ring (bicyclic) bond motifs is 1. The van der Waals surface area contributed by atoms with Crippen LogP contribution in [0, 0.1) is 0 Å². The minimum Gasteiger partial charge on any atom is -0.425 e. The molecular formula is C25H27N5O2. The first-order chi connectivity index (χ1) is 15.7. The van der Waals surface area contributed by atoms with E-state index in [1.54, 1.807) is 0 Å². The highest BCUT2D eigenvalue weighted by molar-refractivity contribution is 5.83. The number of aryl methyl sites for hydroxylation is 1. The predicted molar refractivity (Wildman–Crippen MR) is 124 cm³/mol. The Hall–Kier alpha value is -3.61. The molecule has 1 fully saturated rings. The molecule has 0 spiro atoms. The summed E-state index contributed by atoms with van der Waals surface area (Å²) in [5, 5.41) is 9.50. The fourth-order valence-corrected chi connectivity index (χ4v) is 4.46. The van der Waals surface area contributed by atoms with Crippen molar-refractivity contribution in [2.24, 2.45) is 0 Å². The summed E-state index contributed by atoms with van der Waals surface area (Å²) in [5.41, 5.74) is 3.42. The molecule has 0 radical (unpaired) electrons. The molecule has 3 heterocycles. The van der Waals surface area contributed by atoms with Crippen molar-refractivity contribution in [3.8, 4) is 0 Å². The van der Waals surface area contributed by atoms with Crippen LogP contribution in [0.3, 0.4) is 0 Å². The fraction of sp³-hybridized carbons (Fsp3) is 0.320. The highest BCUT2D eigenvalue weighted by Crippen LogP contribution is 2.21. The van der Waals surface area contributed by atoms with Gasteiger partial charge in [0.15, 0.2) is 0 Å². The van der Waals surface area contributed by atoms with Crippen LogP contribution in [0.4, 0.5) is 5.69 Å². The summed E-state index contributed by atoms with van der Waals surface area (Å²) in [7, 11) is 0. The van der Waals surface area contributed by atoms with Gasteiger partial charge in [-0.2, -0.15) is 0 Å². The predicted octanol–water partition coefficient (Wildman–Crippen LogP) is 3.81. The van der Waals surface area contributed by atoms with E-state index in [-0.39, 0.29) is 11.9 Å². The maximum Gasteiger partial charge on any atom is 0.223 e. The first-order valence-electron chi connectivity index (χ1n) is 11.1. The molecule has 1 atom stereocenters. The van der Waals surface area contributed by atoms with Crippen LogP contribution in [0.2, 0.25) is 0 Å². The second-order valence-electron chi connectivity index (χ2n) is 8.34. The number of carbonyl (C=O) groups excluding carboxylic acids is 1. The standard InChI is InChI=1S/C25H27N5O2/c1-18-17-29(20-7-3-2-4-8-20)13-14-30(18)25(31)12-11-23-27-28-24(32-23)15-19-16-26-22-10-6-5-9-21(19)22/h2-10,16,18,26H,11-15,17H2,1H3/t18-/m0/s1. The topological polar surface area (TPSA) is 78.3 Å². The summed E-state index contributed by atoms with van der Waals surface area (Å²) < 4.78 is 5.83. The number of amides is 1. The molecule has 7 heteroatoms. The molecule has 4 aromatic rings. The zero-order valence-corrected chi connectivity index (χ0v) is 18.2. The first kappa shape index (κ1) is 20.3. The molecule has 2 aromatic carbocycles. The second kappa shape index (κ2) is 8.86. The van der Waals surface area contributed by atoms with Gasteiger partial charge < -0.3 is 19.2 Å². The molecule has 0 bridgehead atoms.